The second-order valence-corrected chi connectivity index (χ2v) is 3.40. The lowest BCUT2D eigenvalue weighted by Crippen LogP contribution is -2.10. The Morgan fingerprint density at radius 2 is 2.31 bits per heavy atom. The summed E-state index contributed by atoms with van der Waals surface area (Å²) in [5.74, 6) is 0. The van der Waals surface area contributed by atoms with Crippen molar-refractivity contribution in [3.63, 3.8) is 0 Å². The lowest BCUT2D eigenvalue weighted by molar-refractivity contribution is 0.887. The average molecular weight is 195 g/mol. The molecule has 0 aliphatic rings. The van der Waals surface area contributed by atoms with E-state index in [0.717, 1.165) is 16.0 Å². The topological polar surface area (TPSA) is 50.7 Å². The molecule has 0 spiro atoms. The van der Waals surface area contributed by atoms with Gasteiger partial charge in [-0.3, -0.25) is 4.79 Å². The first-order chi connectivity index (χ1) is 6.13. The smallest absolute Gasteiger partial charge is 0.288 e. The monoisotopic (exact) mass is 195 g/mol. The molecule has 0 aromatic carbocycles. The molecule has 0 amide bonds. The van der Waals surface area contributed by atoms with Crippen LogP contribution >= 0.6 is 12.6 Å². The molecule has 4 nitrogen and oxygen atoms in total. The third-order valence-electron chi connectivity index (χ3n) is 2.27. The van der Waals surface area contributed by atoms with Gasteiger partial charge in [0.15, 0.2) is 0 Å². The van der Waals surface area contributed by atoms with Crippen molar-refractivity contribution in [3.05, 3.63) is 22.2 Å². The SMILES string of the molecule is Cc1c(S)c2cn[nH]c(=O)c2n1C. The van der Waals surface area contributed by atoms with E-state index in [-0.39, 0.29) is 5.56 Å². The highest BCUT2D eigenvalue weighted by molar-refractivity contribution is 7.80. The van der Waals surface area contributed by atoms with Gasteiger partial charge in [-0.2, -0.15) is 5.10 Å². The lowest BCUT2D eigenvalue weighted by Gasteiger charge is -1.95. The predicted octanol–water partition coefficient (Wildman–Crippen LogP) is 0.859. The van der Waals surface area contributed by atoms with Crippen LogP contribution in [0, 0.1) is 6.92 Å². The van der Waals surface area contributed by atoms with Gasteiger partial charge in [0, 0.05) is 23.0 Å². The molecule has 0 aliphatic carbocycles. The second kappa shape index (κ2) is 2.63. The van der Waals surface area contributed by atoms with Crippen molar-refractivity contribution in [2.24, 2.45) is 7.05 Å². The van der Waals surface area contributed by atoms with Gasteiger partial charge in [-0.15, -0.1) is 12.6 Å². The number of hydrogen-bond acceptors (Lipinski definition) is 3. The Bertz CT molecular complexity index is 526. The number of hydrogen-bond donors (Lipinski definition) is 2. The fraction of sp³-hybridized carbons (Fsp3) is 0.250. The molecular formula is C8H9N3OS. The summed E-state index contributed by atoms with van der Waals surface area (Å²) in [6.07, 6.45) is 1.62. The lowest BCUT2D eigenvalue weighted by atomic mass is 10.3. The van der Waals surface area contributed by atoms with Crippen molar-refractivity contribution < 1.29 is 0 Å². The molecule has 0 saturated heterocycles. The maximum Gasteiger partial charge on any atom is 0.288 e. The fourth-order valence-corrected chi connectivity index (χ4v) is 1.73. The summed E-state index contributed by atoms with van der Waals surface area (Å²) in [6.45, 7) is 1.92. The summed E-state index contributed by atoms with van der Waals surface area (Å²) in [7, 11) is 1.84. The Morgan fingerprint density at radius 1 is 1.62 bits per heavy atom. The highest BCUT2D eigenvalue weighted by atomic mass is 32.1. The Hall–Kier alpha value is -1.23. The number of aromatic amines is 1. The standard InChI is InChI=1S/C8H9N3OS/c1-4-7(13)5-3-9-10-8(12)6(5)11(4)2/h3,13H,1-2H3,(H,10,12). The number of aromatic nitrogens is 3. The molecule has 0 unspecified atom stereocenters. The molecule has 0 saturated carbocycles. The minimum Gasteiger partial charge on any atom is -0.342 e. The minimum atomic E-state index is -0.177. The number of rotatable bonds is 0. The quantitative estimate of drug-likeness (QED) is 0.612. The maximum absolute atomic E-state index is 11.4. The number of thiol groups is 1. The van der Waals surface area contributed by atoms with Crippen LogP contribution < -0.4 is 5.56 Å². The maximum atomic E-state index is 11.4. The van der Waals surface area contributed by atoms with E-state index in [9.17, 15) is 4.79 Å². The van der Waals surface area contributed by atoms with Gasteiger partial charge < -0.3 is 4.57 Å². The molecular weight excluding hydrogens is 186 g/mol. The van der Waals surface area contributed by atoms with Gasteiger partial charge in [-0.05, 0) is 6.92 Å². The molecule has 1 N–H and O–H groups in total. The van der Waals surface area contributed by atoms with Crippen LogP contribution in [0.3, 0.4) is 0 Å². The van der Waals surface area contributed by atoms with Crippen LogP contribution in [0.4, 0.5) is 0 Å². The van der Waals surface area contributed by atoms with Gasteiger partial charge in [-0.1, -0.05) is 0 Å². The molecule has 2 aromatic rings. The van der Waals surface area contributed by atoms with Gasteiger partial charge in [0.2, 0.25) is 0 Å². The van der Waals surface area contributed by atoms with Crippen molar-refractivity contribution in [2.75, 3.05) is 0 Å². The van der Waals surface area contributed by atoms with Crippen LogP contribution in [-0.4, -0.2) is 14.8 Å². The van der Waals surface area contributed by atoms with Crippen LogP contribution in [0.1, 0.15) is 5.69 Å². The van der Waals surface area contributed by atoms with Crippen molar-refractivity contribution in [1.29, 1.82) is 0 Å². The first-order valence-electron chi connectivity index (χ1n) is 3.84. The summed E-state index contributed by atoms with van der Waals surface area (Å²) < 4.78 is 1.82. The summed E-state index contributed by atoms with van der Waals surface area (Å²) in [5, 5.41) is 6.92. The first-order valence-corrected chi connectivity index (χ1v) is 4.29. The van der Waals surface area contributed by atoms with Crippen LogP contribution in [0.15, 0.2) is 15.9 Å². The zero-order valence-corrected chi connectivity index (χ0v) is 8.22. The molecule has 68 valence electrons. The Balaban J connectivity index is 3.12. The second-order valence-electron chi connectivity index (χ2n) is 2.95. The predicted molar refractivity (Wildman–Crippen MR) is 53.3 cm³/mol. The number of nitrogens with zero attached hydrogens (tertiary/aromatic N) is 2. The molecule has 0 aliphatic heterocycles. The largest absolute Gasteiger partial charge is 0.342 e. The van der Waals surface area contributed by atoms with Crippen molar-refractivity contribution >= 4 is 23.5 Å². The van der Waals surface area contributed by atoms with Gasteiger partial charge >= 0.3 is 0 Å². The highest BCUT2D eigenvalue weighted by Gasteiger charge is 2.11. The van der Waals surface area contributed by atoms with Gasteiger partial charge in [0.1, 0.15) is 5.52 Å². The van der Waals surface area contributed by atoms with Crippen molar-refractivity contribution in [1.82, 2.24) is 14.8 Å². The van der Waals surface area contributed by atoms with E-state index in [1.54, 1.807) is 6.20 Å². The van der Waals surface area contributed by atoms with Gasteiger partial charge in [-0.25, -0.2) is 5.10 Å². The third kappa shape index (κ3) is 1.00. The first kappa shape index (κ1) is 8.37. The normalized spacial score (nSPS) is 11.0. The van der Waals surface area contributed by atoms with E-state index in [1.807, 2.05) is 18.5 Å². The van der Waals surface area contributed by atoms with E-state index in [1.165, 1.54) is 0 Å². The third-order valence-corrected chi connectivity index (χ3v) is 2.83. The van der Waals surface area contributed by atoms with Crippen LogP contribution in [-0.2, 0) is 7.05 Å². The van der Waals surface area contributed by atoms with Gasteiger partial charge in [0.05, 0.1) is 6.20 Å². The van der Waals surface area contributed by atoms with E-state index in [4.69, 9.17) is 0 Å². The average Bonchev–Trinajstić information content (AvgIpc) is 2.33. The Morgan fingerprint density at radius 3 is 2.92 bits per heavy atom. The summed E-state index contributed by atoms with van der Waals surface area (Å²) in [4.78, 5) is 12.2. The fourth-order valence-electron chi connectivity index (χ4n) is 1.42. The van der Waals surface area contributed by atoms with E-state index in [0.29, 0.717) is 5.52 Å². The van der Waals surface area contributed by atoms with Crippen molar-refractivity contribution in [3.8, 4) is 0 Å². The highest BCUT2D eigenvalue weighted by Crippen LogP contribution is 2.24. The molecule has 0 atom stereocenters. The van der Waals surface area contributed by atoms with E-state index < -0.39 is 0 Å². The number of fused-ring (bicyclic) bond motifs is 1. The summed E-state index contributed by atoms with van der Waals surface area (Å²) in [6, 6.07) is 0. The van der Waals surface area contributed by atoms with E-state index >= 15 is 0 Å². The van der Waals surface area contributed by atoms with E-state index in [2.05, 4.69) is 22.8 Å². The van der Waals surface area contributed by atoms with Crippen LogP contribution in [0.2, 0.25) is 0 Å². The molecule has 2 rings (SSSR count). The zero-order valence-electron chi connectivity index (χ0n) is 7.33. The zero-order chi connectivity index (χ0) is 9.59. The molecule has 0 bridgehead atoms. The van der Waals surface area contributed by atoms with Gasteiger partial charge in [0.25, 0.3) is 5.56 Å². The molecule has 13 heavy (non-hydrogen) atoms. The molecule has 0 fully saturated rings. The minimum absolute atomic E-state index is 0.177. The van der Waals surface area contributed by atoms with Crippen LogP contribution in [0.5, 0.6) is 0 Å². The van der Waals surface area contributed by atoms with Crippen LogP contribution in [0.25, 0.3) is 10.9 Å². The number of H-pyrrole nitrogens is 1. The molecule has 2 heterocycles. The molecule has 2 aromatic heterocycles. The number of nitrogens with one attached hydrogen (secondary N) is 1. The summed E-state index contributed by atoms with van der Waals surface area (Å²) >= 11 is 4.32. The number of aryl methyl sites for hydroxylation is 1. The van der Waals surface area contributed by atoms with Crippen molar-refractivity contribution in [2.45, 2.75) is 11.8 Å². The molecule has 5 heteroatoms. The molecule has 0 radical (unpaired) electrons. The summed E-state index contributed by atoms with van der Waals surface area (Å²) in [5.41, 5.74) is 1.41. The Kier molecular flexibility index (Phi) is 1.69. The Labute approximate surface area is 80.0 Å².